The number of thioether (sulfide) groups is 1. The van der Waals surface area contributed by atoms with Gasteiger partial charge in [0.1, 0.15) is 5.01 Å². The molecule has 1 aliphatic carbocycles. The Balaban J connectivity index is 1.74. The molecule has 0 spiro atoms. The van der Waals surface area contributed by atoms with E-state index in [1.807, 2.05) is 6.26 Å². The molecule has 1 heterocycles. The third kappa shape index (κ3) is 3.85. The van der Waals surface area contributed by atoms with Crippen LogP contribution in [0.4, 0.5) is 0 Å². The largest absolute Gasteiger partial charge is 0.370 e. The van der Waals surface area contributed by atoms with E-state index in [1.165, 1.54) is 19.3 Å². The van der Waals surface area contributed by atoms with Crippen molar-refractivity contribution >= 4 is 29.1 Å². The molecule has 0 radical (unpaired) electrons. The number of nitrogens with two attached hydrogens (primary N) is 1. The monoisotopic (exact) mass is 271 g/mol. The zero-order valence-electron chi connectivity index (χ0n) is 9.85. The van der Waals surface area contributed by atoms with Crippen LogP contribution in [0.2, 0.25) is 0 Å². The molecule has 3 N–H and O–H groups in total. The van der Waals surface area contributed by atoms with Crippen molar-refractivity contribution in [2.24, 2.45) is 16.6 Å². The van der Waals surface area contributed by atoms with Crippen LogP contribution in [-0.2, 0) is 6.54 Å². The van der Waals surface area contributed by atoms with Crippen molar-refractivity contribution in [3.8, 4) is 0 Å². The summed E-state index contributed by atoms with van der Waals surface area (Å²) in [4.78, 5) is 4.25. The van der Waals surface area contributed by atoms with Crippen molar-refractivity contribution in [1.29, 1.82) is 0 Å². The summed E-state index contributed by atoms with van der Waals surface area (Å²) < 4.78 is 0.969. The van der Waals surface area contributed by atoms with Gasteiger partial charge in [-0.1, -0.05) is 29.5 Å². The predicted molar refractivity (Wildman–Crippen MR) is 72.4 cm³/mol. The maximum atomic E-state index is 5.78. The number of aromatic nitrogens is 2. The van der Waals surface area contributed by atoms with Gasteiger partial charge in [0.25, 0.3) is 0 Å². The molecule has 1 saturated carbocycles. The van der Waals surface area contributed by atoms with E-state index in [0.29, 0.717) is 12.5 Å². The number of guanidine groups is 1. The molecule has 17 heavy (non-hydrogen) atoms. The van der Waals surface area contributed by atoms with Gasteiger partial charge in [0.2, 0.25) is 0 Å². The molecule has 0 unspecified atom stereocenters. The molecule has 0 aromatic carbocycles. The number of rotatable bonds is 5. The Morgan fingerprint density at radius 1 is 1.59 bits per heavy atom. The highest BCUT2D eigenvalue weighted by atomic mass is 32.2. The smallest absolute Gasteiger partial charge is 0.189 e. The molecular weight excluding hydrogens is 254 g/mol. The van der Waals surface area contributed by atoms with E-state index in [1.54, 1.807) is 23.1 Å². The summed E-state index contributed by atoms with van der Waals surface area (Å²) in [7, 11) is 0. The Labute approximate surface area is 109 Å². The molecule has 0 atom stereocenters. The minimum absolute atomic E-state index is 0.512. The van der Waals surface area contributed by atoms with Gasteiger partial charge in [-0.2, -0.15) is 0 Å². The number of hydrogen-bond donors (Lipinski definition) is 2. The lowest BCUT2D eigenvalue weighted by atomic mass is 9.85. The lowest BCUT2D eigenvalue weighted by molar-refractivity contribution is 0.315. The Morgan fingerprint density at radius 2 is 2.41 bits per heavy atom. The van der Waals surface area contributed by atoms with Crippen LogP contribution in [0.1, 0.15) is 24.3 Å². The SMILES string of the molecule is CSc1nnc(CN=C(N)NCC2CCC2)s1. The number of aliphatic imine (C=N–C) groups is 1. The Kier molecular flexibility index (Phi) is 4.61. The molecule has 1 aliphatic rings. The first-order valence-electron chi connectivity index (χ1n) is 5.68. The van der Waals surface area contributed by atoms with Crippen LogP contribution in [0.5, 0.6) is 0 Å². The zero-order valence-corrected chi connectivity index (χ0v) is 11.5. The van der Waals surface area contributed by atoms with Gasteiger partial charge in [-0.3, -0.25) is 0 Å². The van der Waals surface area contributed by atoms with E-state index >= 15 is 0 Å². The second kappa shape index (κ2) is 6.20. The average molecular weight is 271 g/mol. The Bertz CT molecular complexity index is 386. The fraction of sp³-hybridized carbons (Fsp3) is 0.700. The first-order valence-corrected chi connectivity index (χ1v) is 7.72. The maximum Gasteiger partial charge on any atom is 0.189 e. The number of nitrogens with zero attached hydrogens (tertiary/aromatic N) is 3. The topological polar surface area (TPSA) is 76.2 Å². The van der Waals surface area contributed by atoms with Crippen molar-refractivity contribution in [3.05, 3.63) is 5.01 Å². The summed E-state index contributed by atoms with van der Waals surface area (Å²) in [5.41, 5.74) is 5.78. The normalized spacial score (nSPS) is 16.9. The molecule has 94 valence electrons. The summed E-state index contributed by atoms with van der Waals surface area (Å²) in [6.07, 6.45) is 5.97. The fourth-order valence-corrected chi connectivity index (χ4v) is 2.78. The van der Waals surface area contributed by atoms with Gasteiger partial charge < -0.3 is 11.1 Å². The van der Waals surface area contributed by atoms with E-state index in [-0.39, 0.29) is 0 Å². The second-order valence-electron chi connectivity index (χ2n) is 4.05. The van der Waals surface area contributed by atoms with Crippen molar-refractivity contribution in [1.82, 2.24) is 15.5 Å². The molecule has 1 aromatic rings. The van der Waals surface area contributed by atoms with Crippen LogP contribution in [0.15, 0.2) is 9.33 Å². The van der Waals surface area contributed by atoms with E-state index in [0.717, 1.165) is 21.8 Å². The summed E-state index contributed by atoms with van der Waals surface area (Å²) in [5, 5.41) is 12.1. The Hall–Kier alpha value is -0.820. The van der Waals surface area contributed by atoms with Crippen LogP contribution < -0.4 is 11.1 Å². The molecular formula is C10H17N5S2. The van der Waals surface area contributed by atoms with Crippen LogP contribution >= 0.6 is 23.1 Å². The van der Waals surface area contributed by atoms with Gasteiger partial charge in [-0.15, -0.1) is 10.2 Å². The average Bonchev–Trinajstić information content (AvgIpc) is 2.72. The van der Waals surface area contributed by atoms with Crippen molar-refractivity contribution in [3.63, 3.8) is 0 Å². The van der Waals surface area contributed by atoms with Gasteiger partial charge in [0.15, 0.2) is 10.3 Å². The summed E-state index contributed by atoms with van der Waals surface area (Å²) >= 11 is 3.16. The quantitative estimate of drug-likeness (QED) is 0.482. The summed E-state index contributed by atoms with van der Waals surface area (Å²) in [6, 6.07) is 0. The molecule has 0 amide bonds. The molecule has 7 heteroatoms. The van der Waals surface area contributed by atoms with Crippen molar-refractivity contribution in [2.45, 2.75) is 30.1 Å². The van der Waals surface area contributed by atoms with Crippen LogP contribution in [0, 0.1) is 5.92 Å². The minimum atomic E-state index is 0.512. The molecule has 0 aliphatic heterocycles. The molecule has 0 bridgehead atoms. The first-order chi connectivity index (χ1) is 8.28. The predicted octanol–water partition coefficient (Wildman–Crippen LogP) is 1.46. The summed E-state index contributed by atoms with van der Waals surface area (Å²) in [5.74, 6) is 1.30. The van der Waals surface area contributed by atoms with Crippen LogP contribution in [0.3, 0.4) is 0 Å². The number of nitrogens with one attached hydrogen (secondary N) is 1. The van der Waals surface area contributed by atoms with Crippen molar-refractivity contribution < 1.29 is 0 Å². The highest BCUT2D eigenvalue weighted by Crippen LogP contribution is 2.25. The van der Waals surface area contributed by atoms with Crippen LogP contribution in [-0.4, -0.2) is 29.0 Å². The van der Waals surface area contributed by atoms with Crippen LogP contribution in [0.25, 0.3) is 0 Å². The standard InChI is InChI=1S/C10H17N5S2/c1-16-10-15-14-8(17-10)6-13-9(11)12-5-7-3-2-4-7/h7H,2-6H2,1H3,(H3,11,12,13). The Morgan fingerprint density at radius 3 is 3.00 bits per heavy atom. The highest BCUT2D eigenvalue weighted by Gasteiger charge is 2.16. The molecule has 1 aromatic heterocycles. The van der Waals surface area contributed by atoms with E-state index < -0.39 is 0 Å². The molecule has 5 nitrogen and oxygen atoms in total. The fourth-order valence-electron chi connectivity index (χ4n) is 1.54. The minimum Gasteiger partial charge on any atom is -0.370 e. The van der Waals surface area contributed by atoms with Gasteiger partial charge in [-0.25, -0.2) is 4.99 Å². The molecule has 0 saturated heterocycles. The van der Waals surface area contributed by atoms with Gasteiger partial charge in [0, 0.05) is 6.54 Å². The third-order valence-electron chi connectivity index (χ3n) is 2.80. The lowest BCUT2D eigenvalue weighted by Gasteiger charge is -2.25. The van der Waals surface area contributed by atoms with Gasteiger partial charge in [-0.05, 0) is 25.0 Å². The van der Waals surface area contributed by atoms with E-state index in [2.05, 4.69) is 20.5 Å². The molecule has 1 fully saturated rings. The van der Waals surface area contributed by atoms with Gasteiger partial charge >= 0.3 is 0 Å². The van der Waals surface area contributed by atoms with E-state index in [4.69, 9.17) is 5.73 Å². The molecule has 2 rings (SSSR count). The zero-order chi connectivity index (χ0) is 12.1. The van der Waals surface area contributed by atoms with E-state index in [9.17, 15) is 0 Å². The second-order valence-corrected chi connectivity index (χ2v) is 6.16. The lowest BCUT2D eigenvalue weighted by Crippen LogP contribution is -2.37. The van der Waals surface area contributed by atoms with Gasteiger partial charge in [0.05, 0.1) is 6.54 Å². The highest BCUT2D eigenvalue weighted by molar-refractivity contribution is 8.00. The number of hydrogen-bond acceptors (Lipinski definition) is 5. The van der Waals surface area contributed by atoms with Crippen molar-refractivity contribution in [2.75, 3.05) is 12.8 Å². The maximum absolute atomic E-state index is 5.78. The summed E-state index contributed by atoms with van der Waals surface area (Å²) in [6.45, 7) is 1.46. The first kappa shape index (κ1) is 12.6. The third-order valence-corrected chi connectivity index (χ3v) is 4.69.